The van der Waals surface area contributed by atoms with Crippen molar-refractivity contribution in [1.29, 1.82) is 0 Å². The van der Waals surface area contributed by atoms with Gasteiger partial charge in [-0.3, -0.25) is 4.98 Å². The standard InChI is InChI=1S/C13H17N5O2/c1-2-3-5-10(13(19)20)16-11-8-14-9-12(17-11)18-7-4-6-15-18/h4,6-10H,2-3,5H2,1H3,(H,16,17)(H,19,20)/t10-/m0/s1. The second kappa shape index (κ2) is 6.65. The Morgan fingerprint density at radius 3 is 3.00 bits per heavy atom. The molecule has 0 aliphatic rings. The highest BCUT2D eigenvalue weighted by atomic mass is 16.4. The van der Waals surface area contributed by atoms with E-state index in [-0.39, 0.29) is 0 Å². The lowest BCUT2D eigenvalue weighted by Crippen LogP contribution is -2.29. The van der Waals surface area contributed by atoms with Crippen molar-refractivity contribution < 1.29 is 9.90 Å². The van der Waals surface area contributed by atoms with Gasteiger partial charge in [-0.1, -0.05) is 19.8 Å². The number of carboxylic acid groups (broad SMARTS) is 1. The Balaban J connectivity index is 2.12. The number of nitrogens with one attached hydrogen (secondary N) is 1. The summed E-state index contributed by atoms with van der Waals surface area (Å²) in [6.07, 6.45) is 8.82. The summed E-state index contributed by atoms with van der Waals surface area (Å²) in [6, 6.07) is 1.13. The van der Waals surface area contributed by atoms with E-state index in [1.807, 2.05) is 6.92 Å². The average molecular weight is 275 g/mol. The predicted molar refractivity (Wildman–Crippen MR) is 73.7 cm³/mol. The van der Waals surface area contributed by atoms with E-state index in [0.717, 1.165) is 12.8 Å². The van der Waals surface area contributed by atoms with Crippen LogP contribution >= 0.6 is 0 Å². The molecule has 0 radical (unpaired) electrons. The Morgan fingerprint density at radius 2 is 2.35 bits per heavy atom. The normalized spacial score (nSPS) is 12.1. The van der Waals surface area contributed by atoms with Crippen LogP contribution in [0, 0.1) is 0 Å². The maximum Gasteiger partial charge on any atom is 0.326 e. The minimum atomic E-state index is -0.884. The summed E-state index contributed by atoms with van der Waals surface area (Å²) >= 11 is 0. The molecule has 2 aromatic heterocycles. The molecule has 7 nitrogen and oxygen atoms in total. The molecule has 20 heavy (non-hydrogen) atoms. The van der Waals surface area contributed by atoms with E-state index in [1.165, 1.54) is 6.20 Å². The fourth-order valence-electron chi connectivity index (χ4n) is 1.78. The van der Waals surface area contributed by atoms with Crippen LogP contribution in [0.3, 0.4) is 0 Å². The van der Waals surface area contributed by atoms with Crippen LogP contribution in [-0.2, 0) is 4.79 Å². The number of hydrogen-bond acceptors (Lipinski definition) is 5. The number of unbranched alkanes of at least 4 members (excludes halogenated alkanes) is 1. The highest BCUT2D eigenvalue weighted by Crippen LogP contribution is 2.10. The zero-order chi connectivity index (χ0) is 14.4. The summed E-state index contributed by atoms with van der Waals surface area (Å²) in [5, 5.41) is 16.1. The van der Waals surface area contributed by atoms with Crippen LogP contribution in [0.5, 0.6) is 0 Å². The van der Waals surface area contributed by atoms with Crippen molar-refractivity contribution in [1.82, 2.24) is 19.7 Å². The number of rotatable bonds is 7. The van der Waals surface area contributed by atoms with Crippen molar-refractivity contribution in [2.75, 3.05) is 5.32 Å². The molecule has 0 aromatic carbocycles. The van der Waals surface area contributed by atoms with E-state index in [0.29, 0.717) is 18.1 Å². The molecule has 0 unspecified atom stereocenters. The van der Waals surface area contributed by atoms with Crippen molar-refractivity contribution in [3.05, 3.63) is 30.9 Å². The molecule has 106 valence electrons. The first-order chi connectivity index (χ1) is 9.70. The molecule has 0 spiro atoms. The summed E-state index contributed by atoms with van der Waals surface area (Å²) in [7, 11) is 0. The van der Waals surface area contributed by atoms with E-state index in [2.05, 4.69) is 20.4 Å². The fraction of sp³-hybridized carbons (Fsp3) is 0.385. The number of aromatic nitrogens is 4. The third-order valence-corrected chi connectivity index (χ3v) is 2.83. The van der Waals surface area contributed by atoms with Crippen LogP contribution in [0.2, 0.25) is 0 Å². The molecular formula is C13H17N5O2. The highest BCUT2D eigenvalue weighted by molar-refractivity contribution is 5.76. The molecule has 0 aliphatic heterocycles. The first-order valence-corrected chi connectivity index (χ1v) is 6.52. The van der Waals surface area contributed by atoms with Crippen molar-refractivity contribution in [3.8, 4) is 5.82 Å². The second-order valence-electron chi connectivity index (χ2n) is 4.39. The molecule has 0 fully saturated rings. The summed E-state index contributed by atoms with van der Waals surface area (Å²) in [4.78, 5) is 19.6. The number of nitrogens with zero attached hydrogens (tertiary/aromatic N) is 4. The Labute approximate surface area is 116 Å². The first-order valence-electron chi connectivity index (χ1n) is 6.52. The lowest BCUT2D eigenvalue weighted by molar-refractivity contribution is -0.138. The minimum Gasteiger partial charge on any atom is -0.480 e. The average Bonchev–Trinajstić information content (AvgIpc) is 2.97. The molecule has 0 saturated carbocycles. The van der Waals surface area contributed by atoms with Gasteiger partial charge in [0.1, 0.15) is 11.9 Å². The Hall–Kier alpha value is -2.44. The molecule has 2 N–H and O–H groups in total. The van der Waals surface area contributed by atoms with Crippen LogP contribution in [-0.4, -0.2) is 36.9 Å². The molecule has 0 bridgehead atoms. The van der Waals surface area contributed by atoms with Gasteiger partial charge in [0.25, 0.3) is 0 Å². The van der Waals surface area contributed by atoms with Crippen molar-refractivity contribution in [2.45, 2.75) is 32.2 Å². The van der Waals surface area contributed by atoms with Crippen LogP contribution < -0.4 is 5.32 Å². The van der Waals surface area contributed by atoms with E-state index in [9.17, 15) is 9.90 Å². The molecular weight excluding hydrogens is 258 g/mol. The lowest BCUT2D eigenvalue weighted by Gasteiger charge is -2.14. The Kier molecular flexibility index (Phi) is 4.65. The van der Waals surface area contributed by atoms with Gasteiger partial charge < -0.3 is 10.4 Å². The van der Waals surface area contributed by atoms with Crippen LogP contribution in [0.1, 0.15) is 26.2 Å². The van der Waals surface area contributed by atoms with Crippen LogP contribution in [0.25, 0.3) is 5.82 Å². The third-order valence-electron chi connectivity index (χ3n) is 2.83. The molecule has 0 aliphatic carbocycles. The van der Waals surface area contributed by atoms with Crippen molar-refractivity contribution in [2.24, 2.45) is 0 Å². The van der Waals surface area contributed by atoms with E-state index in [1.54, 1.807) is 29.3 Å². The number of carbonyl (C=O) groups is 1. The summed E-state index contributed by atoms with van der Waals surface area (Å²) in [5.41, 5.74) is 0. The second-order valence-corrected chi connectivity index (χ2v) is 4.39. The fourth-order valence-corrected chi connectivity index (χ4v) is 1.78. The maximum absolute atomic E-state index is 11.2. The van der Waals surface area contributed by atoms with Gasteiger partial charge in [0.05, 0.1) is 12.4 Å². The zero-order valence-electron chi connectivity index (χ0n) is 11.2. The van der Waals surface area contributed by atoms with Gasteiger partial charge in [-0.05, 0) is 12.5 Å². The monoisotopic (exact) mass is 275 g/mol. The Bertz CT molecular complexity index is 556. The van der Waals surface area contributed by atoms with Crippen LogP contribution in [0.4, 0.5) is 5.82 Å². The number of hydrogen-bond donors (Lipinski definition) is 2. The summed E-state index contributed by atoms with van der Waals surface area (Å²) in [5.74, 6) is 0.0888. The Morgan fingerprint density at radius 1 is 1.50 bits per heavy atom. The molecule has 0 amide bonds. The summed E-state index contributed by atoms with van der Waals surface area (Å²) in [6.45, 7) is 2.02. The van der Waals surface area contributed by atoms with E-state index >= 15 is 0 Å². The molecule has 1 atom stereocenters. The van der Waals surface area contributed by atoms with Gasteiger partial charge in [0.2, 0.25) is 0 Å². The van der Waals surface area contributed by atoms with Crippen LogP contribution in [0.15, 0.2) is 30.9 Å². The van der Waals surface area contributed by atoms with Gasteiger partial charge >= 0.3 is 5.97 Å². The summed E-state index contributed by atoms with van der Waals surface area (Å²) < 4.78 is 1.57. The number of carboxylic acids is 1. The molecule has 0 saturated heterocycles. The molecule has 2 rings (SSSR count). The maximum atomic E-state index is 11.2. The smallest absolute Gasteiger partial charge is 0.326 e. The molecule has 7 heteroatoms. The quantitative estimate of drug-likeness (QED) is 0.799. The van der Waals surface area contributed by atoms with Gasteiger partial charge in [-0.15, -0.1) is 0 Å². The van der Waals surface area contributed by atoms with Gasteiger partial charge in [-0.2, -0.15) is 5.10 Å². The lowest BCUT2D eigenvalue weighted by atomic mass is 10.1. The molecule has 2 heterocycles. The predicted octanol–water partition coefficient (Wildman–Crippen LogP) is 1.72. The van der Waals surface area contributed by atoms with E-state index < -0.39 is 12.0 Å². The molecule has 2 aromatic rings. The van der Waals surface area contributed by atoms with Crippen molar-refractivity contribution in [3.63, 3.8) is 0 Å². The van der Waals surface area contributed by atoms with Gasteiger partial charge in [-0.25, -0.2) is 14.5 Å². The third kappa shape index (κ3) is 3.53. The number of aliphatic carboxylic acids is 1. The first kappa shape index (κ1) is 14.0. The van der Waals surface area contributed by atoms with E-state index in [4.69, 9.17) is 0 Å². The highest BCUT2D eigenvalue weighted by Gasteiger charge is 2.17. The van der Waals surface area contributed by atoms with Gasteiger partial charge in [0.15, 0.2) is 5.82 Å². The largest absolute Gasteiger partial charge is 0.480 e. The minimum absolute atomic E-state index is 0.432. The van der Waals surface area contributed by atoms with Gasteiger partial charge in [0, 0.05) is 12.4 Å². The SMILES string of the molecule is CCCC[C@H](Nc1cncc(-n2cccn2)n1)C(=O)O. The number of anilines is 1. The zero-order valence-corrected chi connectivity index (χ0v) is 11.2. The topological polar surface area (TPSA) is 92.9 Å². The van der Waals surface area contributed by atoms with Crippen molar-refractivity contribution >= 4 is 11.8 Å².